The van der Waals surface area contributed by atoms with Crippen LogP contribution in [-0.4, -0.2) is 40.5 Å². The fourth-order valence-electron chi connectivity index (χ4n) is 3.31. The van der Waals surface area contributed by atoms with Gasteiger partial charge in [0.2, 0.25) is 0 Å². The number of carbonyl (C=O) groups is 1. The number of ether oxygens (including phenoxy) is 2. The lowest BCUT2D eigenvalue weighted by molar-refractivity contribution is -0.385. The molecule has 1 aliphatic rings. The number of hydrogen-bond acceptors (Lipinski definition) is 6. The van der Waals surface area contributed by atoms with Crippen LogP contribution in [0.25, 0.3) is 0 Å². The Morgan fingerprint density at radius 3 is 2.50 bits per heavy atom. The van der Waals surface area contributed by atoms with Crippen LogP contribution in [-0.2, 0) is 4.79 Å². The second-order valence-electron chi connectivity index (χ2n) is 6.67. The number of thiocarbonyl (C=S) groups is 1. The molecule has 8 nitrogen and oxygen atoms in total. The molecule has 1 N–H and O–H groups in total. The fourth-order valence-corrected chi connectivity index (χ4v) is 3.70. The summed E-state index contributed by atoms with van der Waals surface area (Å²) >= 11 is 5.42. The van der Waals surface area contributed by atoms with Crippen molar-refractivity contribution in [3.8, 4) is 11.5 Å². The Balaban J connectivity index is 2.76. The summed E-state index contributed by atoms with van der Waals surface area (Å²) in [5.41, 5.74) is 1.23. The first-order valence-electron chi connectivity index (χ1n) is 8.95. The maximum Gasteiger partial charge on any atom is 0.279 e. The first kappa shape index (κ1) is 21.6. The Kier molecular flexibility index (Phi) is 6.60. The zero-order valence-corrected chi connectivity index (χ0v) is 17.7. The molecule has 28 heavy (non-hydrogen) atoms. The molecule has 0 amide bonds. The predicted octanol–water partition coefficient (Wildman–Crippen LogP) is 3.50. The van der Waals surface area contributed by atoms with Gasteiger partial charge in [-0.3, -0.25) is 14.9 Å². The van der Waals surface area contributed by atoms with Crippen LogP contribution >= 0.6 is 12.2 Å². The molecule has 0 saturated heterocycles. The minimum absolute atomic E-state index is 0.163. The number of carbonyl (C=O) groups excluding carboxylic acids is 1. The second-order valence-corrected chi connectivity index (χ2v) is 7.05. The van der Waals surface area contributed by atoms with Gasteiger partial charge in [-0.25, -0.2) is 0 Å². The summed E-state index contributed by atoms with van der Waals surface area (Å²) in [4.78, 5) is 25.5. The summed E-state index contributed by atoms with van der Waals surface area (Å²) in [7, 11) is 1.42. The molecule has 0 radical (unpaired) electrons. The van der Waals surface area contributed by atoms with Crippen LogP contribution in [0.1, 0.15) is 46.2 Å². The molecule has 0 aromatic heterocycles. The number of methoxy groups -OCH3 is 1. The highest BCUT2D eigenvalue weighted by molar-refractivity contribution is 7.80. The number of rotatable bonds is 7. The van der Waals surface area contributed by atoms with E-state index in [0.29, 0.717) is 34.2 Å². The van der Waals surface area contributed by atoms with Gasteiger partial charge in [0.15, 0.2) is 22.4 Å². The van der Waals surface area contributed by atoms with Crippen LogP contribution in [0, 0.1) is 10.1 Å². The molecule has 1 unspecified atom stereocenters. The molecule has 0 fully saturated rings. The quantitative estimate of drug-likeness (QED) is 0.417. The summed E-state index contributed by atoms with van der Waals surface area (Å²) in [6.07, 6.45) is -0.163. The lowest BCUT2D eigenvalue weighted by atomic mass is 9.91. The average Bonchev–Trinajstić information content (AvgIpc) is 2.60. The van der Waals surface area contributed by atoms with Crippen LogP contribution in [0.15, 0.2) is 23.4 Å². The van der Waals surface area contributed by atoms with Gasteiger partial charge in [-0.15, -0.1) is 0 Å². The number of nitro groups is 1. The predicted molar refractivity (Wildman–Crippen MR) is 110 cm³/mol. The minimum Gasteiger partial charge on any atom is -0.493 e. The van der Waals surface area contributed by atoms with Gasteiger partial charge in [0.25, 0.3) is 5.69 Å². The Hall–Kier alpha value is -2.68. The zero-order chi connectivity index (χ0) is 21.2. The van der Waals surface area contributed by atoms with E-state index in [-0.39, 0.29) is 23.3 Å². The molecule has 152 valence electrons. The summed E-state index contributed by atoms with van der Waals surface area (Å²) < 4.78 is 11.0. The van der Waals surface area contributed by atoms with Crippen molar-refractivity contribution in [3.05, 3.63) is 39.1 Å². The number of Topliss-reactive ketones (excluding diaryl/α,β-unsaturated/α-hetero) is 1. The average molecular weight is 407 g/mol. The second kappa shape index (κ2) is 8.55. The topological polar surface area (TPSA) is 93.9 Å². The van der Waals surface area contributed by atoms with Gasteiger partial charge < -0.3 is 19.7 Å². The number of ketones is 1. The molecule has 0 bridgehead atoms. The summed E-state index contributed by atoms with van der Waals surface area (Å²) in [6, 6.07) is 2.11. The Morgan fingerprint density at radius 1 is 1.39 bits per heavy atom. The van der Waals surface area contributed by atoms with E-state index < -0.39 is 11.0 Å². The van der Waals surface area contributed by atoms with Crippen LogP contribution < -0.4 is 14.8 Å². The van der Waals surface area contributed by atoms with E-state index in [0.717, 1.165) is 0 Å². The highest BCUT2D eigenvalue weighted by Crippen LogP contribution is 2.42. The number of hydrogen-bond donors (Lipinski definition) is 1. The van der Waals surface area contributed by atoms with Crippen molar-refractivity contribution in [1.82, 2.24) is 10.2 Å². The lowest BCUT2D eigenvalue weighted by Gasteiger charge is -2.37. The van der Waals surface area contributed by atoms with E-state index >= 15 is 0 Å². The van der Waals surface area contributed by atoms with E-state index in [4.69, 9.17) is 21.7 Å². The Bertz CT molecular complexity index is 850. The molecule has 1 aliphatic heterocycles. The molecule has 1 atom stereocenters. The van der Waals surface area contributed by atoms with Gasteiger partial charge >= 0.3 is 0 Å². The lowest BCUT2D eigenvalue weighted by Crippen LogP contribution is -2.47. The first-order valence-corrected chi connectivity index (χ1v) is 9.35. The van der Waals surface area contributed by atoms with Gasteiger partial charge in [0, 0.05) is 17.8 Å². The van der Waals surface area contributed by atoms with Crippen LogP contribution in [0.5, 0.6) is 11.5 Å². The number of benzene rings is 1. The molecule has 0 saturated carbocycles. The molecule has 1 heterocycles. The molecular weight excluding hydrogens is 382 g/mol. The van der Waals surface area contributed by atoms with Crippen molar-refractivity contribution in [1.29, 1.82) is 0 Å². The Morgan fingerprint density at radius 2 is 2.04 bits per heavy atom. The van der Waals surface area contributed by atoms with Crippen molar-refractivity contribution in [3.63, 3.8) is 0 Å². The molecule has 1 aromatic carbocycles. The monoisotopic (exact) mass is 407 g/mol. The smallest absolute Gasteiger partial charge is 0.279 e. The largest absolute Gasteiger partial charge is 0.493 e. The molecular formula is C19H25N3O5S. The summed E-state index contributed by atoms with van der Waals surface area (Å²) in [5, 5.41) is 15.3. The van der Waals surface area contributed by atoms with E-state index in [1.807, 2.05) is 20.8 Å². The van der Waals surface area contributed by atoms with Gasteiger partial charge in [-0.05, 0) is 52.9 Å². The van der Waals surface area contributed by atoms with Gasteiger partial charge in [0.05, 0.1) is 35.8 Å². The SMILES string of the molecule is CCN1C(=S)NC(c2cc(OC(C)C)c(OC)cc2[N+](=O)[O-])C(C(C)=O)=C1C. The van der Waals surface area contributed by atoms with E-state index in [1.165, 1.54) is 20.1 Å². The zero-order valence-electron chi connectivity index (χ0n) is 16.9. The maximum absolute atomic E-state index is 12.4. The molecule has 0 spiro atoms. The fraction of sp³-hybridized carbons (Fsp3) is 0.474. The Labute approximate surface area is 169 Å². The molecule has 0 aliphatic carbocycles. The van der Waals surface area contributed by atoms with E-state index in [9.17, 15) is 14.9 Å². The van der Waals surface area contributed by atoms with E-state index in [2.05, 4.69) is 5.32 Å². The summed E-state index contributed by atoms with van der Waals surface area (Å²) in [5.74, 6) is 0.430. The van der Waals surface area contributed by atoms with Crippen molar-refractivity contribution in [2.75, 3.05) is 13.7 Å². The van der Waals surface area contributed by atoms with Crippen molar-refractivity contribution in [2.45, 2.75) is 46.8 Å². The third-order valence-corrected chi connectivity index (χ3v) is 4.81. The molecule has 2 rings (SSSR count). The third-order valence-electron chi connectivity index (χ3n) is 4.48. The van der Waals surface area contributed by atoms with Crippen molar-refractivity contribution >= 4 is 28.8 Å². The highest BCUT2D eigenvalue weighted by atomic mass is 32.1. The van der Waals surface area contributed by atoms with Crippen molar-refractivity contribution < 1.29 is 19.2 Å². The standard InChI is InChI=1S/C19H25N3O5S/c1-7-21-11(4)17(12(5)23)18(20-19(21)28)13-8-16(27-10(2)3)15(26-6)9-14(13)22(24)25/h8-10,18H,7H2,1-6H3,(H,20,28). The molecule has 1 aromatic rings. The molecule has 9 heteroatoms. The number of nitrogens with zero attached hydrogens (tertiary/aromatic N) is 2. The number of nitro benzene ring substituents is 1. The van der Waals surface area contributed by atoms with Crippen LogP contribution in [0.3, 0.4) is 0 Å². The minimum atomic E-state index is -0.756. The highest BCUT2D eigenvalue weighted by Gasteiger charge is 2.36. The van der Waals surface area contributed by atoms with Gasteiger partial charge in [0.1, 0.15) is 0 Å². The van der Waals surface area contributed by atoms with Crippen molar-refractivity contribution in [2.24, 2.45) is 0 Å². The van der Waals surface area contributed by atoms with Crippen LogP contribution in [0.2, 0.25) is 0 Å². The third kappa shape index (κ3) is 4.09. The number of nitrogens with one attached hydrogen (secondary N) is 1. The number of allylic oxidation sites excluding steroid dienone is 1. The normalized spacial score (nSPS) is 16.9. The van der Waals surface area contributed by atoms with Gasteiger partial charge in [-0.2, -0.15) is 0 Å². The van der Waals surface area contributed by atoms with E-state index in [1.54, 1.807) is 17.9 Å². The summed E-state index contributed by atoms with van der Waals surface area (Å²) in [6.45, 7) is 9.42. The van der Waals surface area contributed by atoms with Gasteiger partial charge in [-0.1, -0.05) is 0 Å². The first-order chi connectivity index (χ1) is 13.1. The maximum atomic E-state index is 12.4. The van der Waals surface area contributed by atoms with Crippen LogP contribution in [0.4, 0.5) is 5.69 Å².